The number of hydrogen-bond acceptors (Lipinski definition) is 0. The van der Waals surface area contributed by atoms with Crippen molar-refractivity contribution in [2.45, 2.75) is 83.5 Å². The highest BCUT2D eigenvalue weighted by Crippen LogP contribution is 2.45. The fraction of sp³-hybridized carbons (Fsp3) is 0.667. The molecule has 2 aliphatic carbocycles. The fourth-order valence-electron chi connectivity index (χ4n) is 5.43. The molecular weight excluding hydrogens is 345 g/mol. The molecule has 150 valence electrons. The van der Waals surface area contributed by atoms with Crippen LogP contribution in [0.5, 0.6) is 0 Å². The van der Waals surface area contributed by atoms with Crippen molar-refractivity contribution in [3.05, 3.63) is 47.3 Å². The van der Waals surface area contributed by atoms with E-state index in [0.717, 1.165) is 36.7 Å². The van der Waals surface area contributed by atoms with Gasteiger partial charge in [0, 0.05) is 0 Å². The van der Waals surface area contributed by atoms with E-state index in [-0.39, 0.29) is 5.82 Å². The molecular formula is C24H33F3. The predicted molar refractivity (Wildman–Crippen MR) is 106 cm³/mol. The maximum absolute atomic E-state index is 13.6. The van der Waals surface area contributed by atoms with Crippen LogP contribution in [-0.2, 0) is 0 Å². The molecule has 0 spiro atoms. The van der Waals surface area contributed by atoms with Gasteiger partial charge in [0.15, 0.2) is 0 Å². The van der Waals surface area contributed by atoms with Crippen molar-refractivity contribution in [2.24, 2.45) is 17.8 Å². The normalized spacial score (nSPS) is 29.5. The summed E-state index contributed by atoms with van der Waals surface area (Å²) in [6.45, 7) is 2.10. The summed E-state index contributed by atoms with van der Waals surface area (Å²) in [4.78, 5) is 0. The minimum Gasteiger partial charge on any atom is -0.207 e. The maximum Gasteiger partial charge on any atom is 0.257 e. The third kappa shape index (κ3) is 5.86. The summed E-state index contributed by atoms with van der Waals surface area (Å²) in [5.74, 6) is 2.80. The van der Waals surface area contributed by atoms with Gasteiger partial charge in [-0.25, -0.2) is 13.2 Å². The van der Waals surface area contributed by atoms with E-state index >= 15 is 0 Å². The van der Waals surface area contributed by atoms with Crippen LogP contribution in [0.3, 0.4) is 0 Å². The molecule has 0 aliphatic heterocycles. The molecule has 27 heavy (non-hydrogen) atoms. The molecule has 0 aromatic heterocycles. The first-order chi connectivity index (χ1) is 13.0. The van der Waals surface area contributed by atoms with Crippen LogP contribution in [0.25, 0.3) is 0 Å². The number of halogens is 3. The van der Waals surface area contributed by atoms with E-state index in [0.29, 0.717) is 5.92 Å². The van der Waals surface area contributed by atoms with Gasteiger partial charge in [0.05, 0.1) is 0 Å². The summed E-state index contributed by atoms with van der Waals surface area (Å²) in [6.07, 6.45) is 12.2. The van der Waals surface area contributed by atoms with Gasteiger partial charge in [0.2, 0.25) is 0 Å². The zero-order chi connectivity index (χ0) is 19.2. The number of allylic oxidation sites excluding steroid dienone is 2. The van der Waals surface area contributed by atoms with Crippen LogP contribution < -0.4 is 0 Å². The highest BCUT2D eigenvalue weighted by molar-refractivity contribution is 5.30. The summed E-state index contributed by atoms with van der Waals surface area (Å²) in [5.41, 5.74) is 2.44. The van der Waals surface area contributed by atoms with E-state index in [1.165, 1.54) is 62.5 Å². The van der Waals surface area contributed by atoms with Gasteiger partial charge in [-0.15, -0.1) is 0 Å². The summed E-state index contributed by atoms with van der Waals surface area (Å²) in [5, 5.41) is 0. The molecule has 1 aromatic carbocycles. The lowest BCUT2D eigenvalue weighted by atomic mass is 9.67. The van der Waals surface area contributed by atoms with Gasteiger partial charge >= 0.3 is 0 Å². The van der Waals surface area contributed by atoms with E-state index in [9.17, 15) is 13.2 Å². The number of aryl methyl sites for hydroxylation is 1. The lowest BCUT2D eigenvalue weighted by Crippen LogP contribution is -2.25. The largest absolute Gasteiger partial charge is 0.257 e. The Balaban J connectivity index is 1.41. The molecule has 2 saturated carbocycles. The predicted octanol–water partition coefficient (Wildman–Crippen LogP) is 7.82. The average Bonchev–Trinajstić information content (AvgIpc) is 2.68. The van der Waals surface area contributed by atoms with Crippen LogP contribution in [0.15, 0.2) is 30.4 Å². The smallest absolute Gasteiger partial charge is 0.207 e. The lowest BCUT2D eigenvalue weighted by molar-refractivity contribution is 0.157. The van der Waals surface area contributed by atoms with Crippen LogP contribution in [0.2, 0.25) is 0 Å². The summed E-state index contributed by atoms with van der Waals surface area (Å²) in [7, 11) is 0. The molecule has 1 aromatic rings. The van der Waals surface area contributed by atoms with Crippen molar-refractivity contribution in [1.82, 2.24) is 0 Å². The molecule has 3 rings (SSSR count). The third-order valence-corrected chi connectivity index (χ3v) is 7.03. The monoisotopic (exact) mass is 378 g/mol. The Hall–Kier alpha value is -1.25. The molecule has 0 unspecified atom stereocenters. The second-order valence-corrected chi connectivity index (χ2v) is 8.73. The maximum atomic E-state index is 13.6. The van der Waals surface area contributed by atoms with Gasteiger partial charge in [-0.3, -0.25) is 0 Å². The quantitative estimate of drug-likeness (QED) is 0.443. The molecule has 0 radical (unpaired) electrons. The van der Waals surface area contributed by atoms with E-state index in [1.54, 1.807) is 18.2 Å². The molecule has 0 bridgehead atoms. The summed E-state index contributed by atoms with van der Waals surface area (Å²) >= 11 is 0. The molecule has 0 heterocycles. The minimum atomic E-state index is -2.31. The number of benzene rings is 1. The summed E-state index contributed by atoms with van der Waals surface area (Å²) in [6, 6.07) is 5.22. The molecule has 0 nitrogen and oxygen atoms in total. The number of alkyl halides is 2. The molecule has 0 N–H and O–H groups in total. The second-order valence-electron chi connectivity index (χ2n) is 8.73. The van der Waals surface area contributed by atoms with Crippen LogP contribution in [0.4, 0.5) is 13.2 Å². The Morgan fingerprint density at radius 1 is 0.963 bits per heavy atom. The van der Waals surface area contributed by atoms with Crippen molar-refractivity contribution in [3.63, 3.8) is 0 Å². The van der Waals surface area contributed by atoms with Crippen molar-refractivity contribution in [1.29, 1.82) is 0 Å². The van der Waals surface area contributed by atoms with Crippen molar-refractivity contribution in [3.8, 4) is 0 Å². The molecule has 0 saturated heterocycles. The average molecular weight is 379 g/mol. The number of rotatable bonds is 6. The van der Waals surface area contributed by atoms with Crippen molar-refractivity contribution in [2.75, 3.05) is 0 Å². The molecule has 2 fully saturated rings. The molecule has 2 aliphatic rings. The molecule has 0 atom stereocenters. The molecule has 0 amide bonds. The van der Waals surface area contributed by atoms with Gasteiger partial charge in [-0.2, -0.15) is 0 Å². The van der Waals surface area contributed by atoms with E-state index in [2.05, 4.69) is 6.92 Å². The Kier molecular flexibility index (Phi) is 7.43. The van der Waals surface area contributed by atoms with E-state index in [4.69, 9.17) is 0 Å². The standard InChI is InChI=1S/C24H33F3/c1-17-6-15-22(25)16-23(17)21-13-11-20(12-14-21)19-9-7-18(8-10-19)4-2-3-5-24(26)27/h3,5-6,15-16,18-21,24H,2,4,7-14H2,1H3. The van der Waals surface area contributed by atoms with Crippen LogP contribution >= 0.6 is 0 Å². The van der Waals surface area contributed by atoms with Crippen molar-refractivity contribution >= 4 is 0 Å². The van der Waals surface area contributed by atoms with Gasteiger partial charge in [0.25, 0.3) is 6.43 Å². The number of hydrogen-bond donors (Lipinski definition) is 0. The lowest BCUT2D eigenvalue weighted by Gasteiger charge is -2.38. The zero-order valence-electron chi connectivity index (χ0n) is 16.5. The Labute approximate surface area is 162 Å². The van der Waals surface area contributed by atoms with Crippen LogP contribution in [0.1, 0.15) is 81.3 Å². The van der Waals surface area contributed by atoms with E-state index in [1.807, 2.05) is 6.07 Å². The fourth-order valence-corrected chi connectivity index (χ4v) is 5.43. The Bertz CT molecular complexity index is 606. The third-order valence-electron chi connectivity index (χ3n) is 7.03. The van der Waals surface area contributed by atoms with Gasteiger partial charge in [-0.05, 0) is 111 Å². The minimum absolute atomic E-state index is 0.112. The van der Waals surface area contributed by atoms with Crippen molar-refractivity contribution < 1.29 is 13.2 Å². The summed E-state index contributed by atoms with van der Waals surface area (Å²) < 4.78 is 37.9. The molecule has 3 heteroatoms. The van der Waals surface area contributed by atoms with Crippen LogP contribution in [0, 0.1) is 30.5 Å². The first-order valence-electron chi connectivity index (χ1n) is 10.7. The van der Waals surface area contributed by atoms with Gasteiger partial charge in [-0.1, -0.05) is 25.0 Å². The Morgan fingerprint density at radius 2 is 1.59 bits per heavy atom. The first-order valence-corrected chi connectivity index (χ1v) is 10.7. The topological polar surface area (TPSA) is 0 Å². The van der Waals surface area contributed by atoms with Crippen LogP contribution in [-0.4, -0.2) is 6.43 Å². The Morgan fingerprint density at radius 3 is 2.22 bits per heavy atom. The van der Waals surface area contributed by atoms with Gasteiger partial charge in [0.1, 0.15) is 5.82 Å². The van der Waals surface area contributed by atoms with Gasteiger partial charge < -0.3 is 0 Å². The SMILES string of the molecule is Cc1ccc(F)cc1C1CCC(C2CCC(CCC=CC(F)F)CC2)CC1. The first kappa shape index (κ1) is 20.5. The highest BCUT2D eigenvalue weighted by atomic mass is 19.3. The highest BCUT2D eigenvalue weighted by Gasteiger charge is 2.31. The van der Waals surface area contributed by atoms with E-state index < -0.39 is 6.43 Å². The second kappa shape index (κ2) is 9.80. The zero-order valence-corrected chi connectivity index (χ0v) is 16.5.